The van der Waals surface area contributed by atoms with Crippen molar-refractivity contribution in [2.45, 2.75) is 19.9 Å². The van der Waals surface area contributed by atoms with Crippen molar-refractivity contribution in [3.63, 3.8) is 0 Å². The molecule has 0 aromatic heterocycles. The van der Waals surface area contributed by atoms with Gasteiger partial charge >= 0.3 is 0 Å². The highest BCUT2D eigenvalue weighted by Crippen LogP contribution is 2.24. The molecule has 110 valence electrons. The van der Waals surface area contributed by atoms with E-state index in [1.807, 2.05) is 6.92 Å². The molecule has 0 saturated carbocycles. The lowest BCUT2D eigenvalue weighted by molar-refractivity contribution is 0.0740. The maximum Gasteiger partial charge on any atom is 0.254 e. The van der Waals surface area contributed by atoms with Gasteiger partial charge < -0.3 is 10.6 Å². The van der Waals surface area contributed by atoms with Crippen molar-refractivity contribution < 1.29 is 9.18 Å². The van der Waals surface area contributed by atoms with E-state index in [9.17, 15) is 9.18 Å². The average molecular weight is 286 g/mol. The summed E-state index contributed by atoms with van der Waals surface area (Å²) in [5.41, 5.74) is 8.25. The molecule has 3 nitrogen and oxygen atoms in total. The molecule has 0 fully saturated rings. The Bertz CT molecular complexity index is 649. The standard InChI is InChI=1S/C17H19FN2O/c1-11-8-13(10-14(19)9-11)17(21)20(3)12(2)15-6-4-5-7-16(15)18/h4-10,12H,19H2,1-3H3. The summed E-state index contributed by atoms with van der Waals surface area (Å²) in [5.74, 6) is -0.491. The molecule has 0 aliphatic carbocycles. The van der Waals surface area contributed by atoms with Gasteiger partial charge in [0.1, 0.15) is 5.82 Å². The molecule has 21 heavy (non-hydrogen) atoms. The van der Waals surface area contributed by atoms with Crippen LogP contribution in [0.15, 0.2) is 42.5 Å². The molecule has 2 aromatic carbocycles. The van der Waals surface area contributed by atoms with Crippen LogP contribution in [-0.4, -0.2) is 17.9 Å². The Balaban J connectivity index is 2.28. The van der Waals surface area contributed by atoms with Gasteiger partial charge in [-0.15, -0.1) is 0 Å². The van der Waals surface area contributed by atoms with Crippen LogP contribution in [0.3, 0.4) is 0 Å². The minimum atomic E-state index is -0.361. The van der Waals surface area contributed by atoms with E-state index < -0.39 is 0 Å². The van der Waals surface area contributed by atoms with Gasteiger partial charge in [-0.05, 0) is 43.7 Å². The topological polar surface area (TPSA) is 46.3 Å². The van der Waals surface area contributed by atoms with E-state index >= 15 is 0 Å². The Morgan fingerprint density at radius 1 is 1.24 bits per heavy atom. The summed E-state index contributed by atoms with van der Waals surface area (Å²) in [5, 5.41) is 0. The van der Waals surface area contributed by atoms with Crippen LogP contribution in [-0.2, 0) is 0 Å². The number of rotatable bonds is 3. The van der Waals surface area contributed by atoms with E-state index in [1.165, 1.54) is 11.0 Å². The molecule has 1 atom stereocenters. The van der Waals surface area contributed by atoms with Crippen molar-refractivity contribution >= 4 is 11.6 Å². The lowest BCUT2D eigenvalue weighted by Gasteiger charge is -2.26. The molecular formula is C17H19FN2O. The predicted molar refractivity (Wildman–Crippen MR) is 82.5 cm³/mol. The lowest BCUT2D eigenvalue weighted by Crippen LogP contribution is -2.30. The number of nitrogens with zero attached hydrogens (tertiary/aromatic N) is 1. The number of hydrogen-bond acceptors (Lipinski definition) is 2. The molecule has 4 heteroatoms. The zero-order chi connectivity index (χ0) is 15.6. The smallest absolute Gasteiger partial charge is 0.254 e. The molecule has 0 heterocycles. The Labute approximate surface area is 124 Å². The summed E-state index contributed by atoms with van der Waals surface area (Å²) in [6.45, 7) is 3.68. The highest BCUT2D eigenvalue weighted by atomic mass is 19.1. The van der Waals surface area contributed by atoms with Crippen LogP contribution in [0, 0.1) is 12.7 Å². The number of hydrogen-bond donors (Lipinski definition) is 1. The summed E-state index contributed by atoms with van der Waals surface area (Å²) in [6, 6.07) is 11.3. The van der Waals surface area contributed by atoms with Crippen molar-refractivity contribution in [1.29, 1.82) is 0 Å². The SMILES string of the molecule is Cc1cc(N)cc(C(=O)N(C)C(C)c2ccccc2F)c1. The zero-order valence-corrected chi connectivity index (χ0v) is 12.4. The van der Waals surface area contributed by atoms with E-state index in [2.05, 4.69) is 0 Å². The van der Waals surface area contributed by atoms with Gasteiger partial charge in [-0.1, -0.05) is 18.2 Å². The van der Waals surface area contributed by atoms with E-state index in [0.29, 0.717) is 16.8 Å². The third kappa shape index (κ3) is 3.21. The summed E-state index contributed by atoms with van der Waals surface area (Å²) in [6.07, 6.45) is 0. The Kier molecular flexibility index (Phi) is 4.26. The monoisotopic (exact) mass is 286 g/mol. The van der Waals surface area contributed by atoms with Crippen LogP contribution in [0.5, 0.6) is 0 Å². The molecule has 0 radical (unpaired) electrons. The van der Waals surface area contributed by atoms with E-state index in [-0.39, 0.29) is 17.8 Å². The van der Waals surface area contributed by atoms with Crippen molar-refractivity contribution in [2.24, 2.45) is 0 Å². The van der Waals surface area contributed by atoms with Crippen LogP contribution in [0.1, 0.15) is 34.5 Å². The molecule has 0 spiro atoms. The molecule has 0 saturated heterocycles. The number of benzene rings is 2. The van der Waals surface area contributed by atoms with Gasteiger partial charge in [0.15, 0.2) is 0 Å². The summed E-state index contributed by atoms with van der Waals surface area (Å²) in [7, 11) is 1.66. The van der Waals surface area contributed by atoms with Crippen LogP contribution in [0.4, 0.5) is 10.1 Å². The number of nitrogens with two attached hydrogens (primary N) is 1. The number of carbonyl (C=O) groups excluding carboxylic acids is 1. The molecule has 0 aliphatic rings. The summed E-state index contributed by atoms with van der Waals surface area (Å²) in [4.78, 5) is 14.0. The van der Waals surface area contributed by atoms with Gasteiger partial charge in [0, 0.05) is 23.9 Å². The number of amides is 1. The number of nitrogen functional groups attached to an aromatic ring is 1. The first-order chi connectivity index (χ1) is 9.90. The van der Waals surface area contributed by atoms with Gasteiger partial charge in [0.2, 0.25) is 0 Å². The molecule has 0 aliphatic heterocycles. The third-order valence-corrected chi connectivity index (χ3v) is 3.60. The van der Waals surface area contributed by atoms with Crippen molar-refractivity contribution in [3.8, 4) is 0 Å². The molecule has 1 unspecified atom stereocenters. The maximum absolute atomic E-state index is 13.8. The number of aryl methyl sites for hydroxylation is 1. The second-order valence-corrected chi connectivity index (χ2v) is 5.25. The van der Waals surface area contributed by atoms with Crippen LogP contribution in [0.2, 0.25) is 0 Å². The van der Waals surface area contributed by atoms with E-state index in [4.69, 9.17) is 5.73 Å². The van der Waals surface area contributed by atoms with Gasteiger partial charge in [-0.2, -0.15) is 0 Å². The Morgan fingerprint density at radius 3 is 2.52 bits per heavy atom. The largest absolute Gasteiger partial charge is 0.399 e. The molecule has 2 aromatic rings. The van der Waals surface area contributed by atoms with Crippen molar-refractivity contribution in [1.82, 2.24) is 4.90 Å². The van der Waals surface area contributed by atoms with Gasteiger partial charge in [0.05, 0.1) is 6.04 Å². The van der Waals surface area contributed by atoms with E-state index in [0.717, 1.165) is 5.56 Å². The van der Waals surface area contributed by atoms with Crippen LogP contribution in [0.25, 0.3) is 0 Å². The van der Waals surface area contributed by atoms with Crippen molar-refractivity contribution in [2.75, 3.05) is 12.8 Å². The minimum Gasteiger partial charge on any atom is -0.399 e. The third-order valence-electron chi connectivity index (χ3n) is 3.60. The molecule has 2 rings (SSSR count). The fraction of sp³-hybridized carbons (Fsp3) is 0.235. The first-order valence-electron chi connectivity index (χ1n) is 6.79. The van der Waals surface area contributed by atoms with E-state index in [1.54, 1.807) is 50.4 Å². The first kappa shape index (κ1) is 15.0. The number of carbonyl (C=O) groups is 1. The zero-order valence-electron chi connectivity index (χ0n) is 12.4. The Hall–Kier alpha value is -2.36. The van der Waals surface area contributed by atoms with Crippen LogP contribution < -0.4 is 5.73 Å². The van der Waals surface area contributed by atoms with Crippen molar-refractivity contribution in [3.05, 3.63) is 65.0 Å². The van der Waals surface area contributed by atoms with Gasteiger partial charge in [-0.3, -0.25) is 4.79 Å². The minimum absolute atomic E-state index is 0.179. The molecular weight excluding hydrogens is 267 g/mol. The summed E-state index contributed by atoms with van der Waals surface area (Å²) >= 11 is 0. The fourth-order valence-electron chi connectivity index (χ4n) is 2.34. The second kappa shape index (κ2) is 5.95. The maximum atomic E-state index is 13.8. The Morgan fingerprint density at radius 2 is 1.90 bits per heavy atom. The predicted octanol–water partition coefficient (Wildman–Crippen LogP) is 3.55. The van der Waals surface area contributed by atoms with Gasteiger partial charge in [0.25, 0.3) is 5.91 Å². The normalized spacial score (nSPS) is 12.0. The average Bonchev–Trinajstić information content (AvgIpc) is 2.44. The lowest BCUT2D eigenvalue weighted by atomic mass is 10.0. The highest BCUT2D eigenvalue weighted by molar-refractivity contribution is 5.95. The molecule has 0 bridgehead atoms. The summed E-state index contributed by atoms with van der Waals surface area (Å²) < 4.78 is 13.8. The second-order valence-electron chi connectivity index (χ2n) is 5.25. The fourth-order valence-corrected chi connectivity index (χ4v) is 2.34. The van der Waals surface area contributed by atoms with Crippen LogP contribution >= 0.6 is 0 Å². The first-order valence-corrected chi connectivity index (χ1v) is 6.79. The highest BCUT2D eigenvalue weighted by Gasteiger charge is 2.21. The number of anilines is 1. The molecule has 2 N–H and O–H groups in total. The quantitative estimate of drug-likeness (QED) is 0.877. The molecule has 1 amide bonds. The van der Waals surface area contributed by atoms with Gasteiger partial charge in [-0.25, -0.2) is 4.39 Å². The number of halogens is 1.